The van der Waals surface area contributed by atoms with Gasteiger partial charge in [-0.25, -0.2) is 0 Å². The highest BCUT2D eigenvalue weighted by Gasteiger charge is 2.29. The summed E-state index contributed by atoms with van der Waals surface area (Å²) in [5.41, 5.74) is 0.0692. The van der Waals surface area contributed by atoms with Crippen LogP contribution in [0.2, 0.25) is 0 Å². The highest BCUT2D eigenvalue weighted by atomic mass is 19.4. The highest BCUT2D eigenvalue weighted by molar-refractivity contribution is 5.87. The van der Waals surface area contributed by atoms with E-state index >= 15 is 0 Å². The molecular weight excluding hydrogens is 279 g/mol. The van der Waals surface area contributed by atoms with Gasteiger partial charge in [0.25, 0.3) is 0 Å². The second-order valence-electron chi connectivity index (χ2n) is 5.02. The van der Waals surface area contributed by atoms with E-state index in [1.807, 2.05) is 6.08 Å². The lowest BCUT2D eigenvalue weighted by Gasteiger charge is -2.12. The van der Waals surface area contributed by atoms with Crippen LogP contribution in [-0.4, -0.2) is 23.9 Å². The summed E-state index contributed by atoms with van der Waals surface area (Å²) in [6.07, 6.45) is 1.59. The van der Waals surface area contributed by atoms with Crippen LogP contribution in [0.15, 0.2) is 43.0 Å². The predicted octanol–water partition coefficient (Wildman–Crippen LogP) is 3.75. The van der Waals surface area contributed by atoms with Crippen molar-refractivity contribution < 1.29 is 18.0 Å². The van der Waals surface area contributed by atoms with Crippen molar-refractivity contribution in [3.8, 4) is 0 Å². The van der Waals surface area contributed by atoms with Crippen molar-refractivity contribution in [3.05, 3.63) is 54.1 Å². The molecule has 2 nitrogen and oxygen atoms in total. The molecule has 1 aromatic carbocycles. The van der Waals surface area contributed by atoms with Crippen molar-refractivity contribution in [3.63, 3.8) is 0 Å². The molecule has 2 rings (SSSR count). The van der Waals surface area contributed by atoms with E-state index in [2.05, 4.69) is 6.58 Å². The molecule has 0 saturated carbocycles. The Labute approximate surface area is 121 Å². The first kappa shape index (κ1) is 15.4. The maximum Gasteiger partial charge on any atom is 0.416 e. The third kappa shape index (κ3) is 3.97. The zero-order chi connectivity index (χ0) is 15.5. The molecule has 1 aliphatic heterocycles. The van der Waals surface area contributed by atoms with Crippen molar-refractivity contribution >= 4 is 12.0 Å². The number of hydrogen-bond donors (Lipinski definition) is 0. The molecule has 1 saturated heterocycles. The number of nitrogens with zero attached hydrogens (tertiary/aromatic N) is 1. The van der Waals surface area contributed by atoms with Gasteiger partial charge in [0.15, 0.2) is 0 Å². The third-order valence-corrected chi connectivity index (χ3v) is 3.51. The largest absolute Gasteiger partial charge is 0.416 e. The summed E-state index contributed by atoms with van der Waals surface area (Å²) in [4.78, 5) is 13.2. The fourth-order valence-electron chi connectivity index (χ4n) is 2.30. The summed E-state index contributed by atoms with van der Waals surface area (Å²) in [7, 11) is 0. The summed E-state index contributed by atoms with van der Waals surface area (Å²) >= 11 is 0. The van der Waals surface area contributed by atoms with Gasteiger partial charge in [0.1, 0.15) is 0 Å². The van der Waals surface area contributed by atoms with Crippen LogP contribution in [0.4, 0.5) is 13.2 Å². The van der Waals surface area contributed by atoms with Crippen LogP contribution in [0, 0.1) is 5.92 Å². The lowest BCUT2D eigenvalue weighted by Crippen LogP contribution is -2.26. The topological polar surface area (TPSA) is 20.3 Å². The summed E-state index contributed by atoms with van der Waals surface area (Å²) < 4.78 is 37.3. The smallest absolute Gasteiger partial charge is 0.339 e. The maximum atomic E-state index is 12.4. The maximum absolute atomic E-state index is 12.4. The van der Waals surface area contributed by atoms with Crippen LogP contribution in [0.5, 0.6) is 0 Å². The van der Waals surface area contributed by atoms with Gasteiger partial charge in [0.05, 0.1) is 5.56 Å². The molecule has 1 atom stereocenters. The molecule has 1 amide bonds. The standard InChI is InChI=1S/C16H16F3NO/c1-2-15(21)20-10-9-13(11-20)4-3-12-5-7-14(8-6-12)16(17,18)19/h2-8,13H,1,9-11H2/t13-/m1/s1. The Balaban J connectivity index is 1.96. The quantitative estimate of drug-likeness (QED) is 0.778. The van der Waals surface area contributed by atoms with Gasteiger partial charge in [-0.3, -0.25) is 4.79 Å². The molecule has 0 bridgehead atoms. The van der Waals surface area contributed by atoms with Crippen molar-refractivity contribution in [2.24, 2.45) is 5.92 Å². The van der Waals surface area contributed by atoms with Crippen LogP contribution >= 0.6 is 0 Å². The van der Waals surface area contributed by atoms with Gasteiger partial charge in [0, 0.05) is 13.1 Å². The number of carbonyl (C=O) groups is 1. The summed E-state index contributed by atoms with van der Waals surface area (Å²) in [6.45, 7) is 4.77. The van der Waals surface area contributed by atoms with Crippen LogP contribution in [-0.2, 0) is 11.0 Å². The lowest BCUT2D eigenvalue weighted by molar-refractivity contribution is -0.137. The van der Waals surface area contributed by atoms with Crippen LogP contribution in [0.25, 0.3) is 6.08 Å². The number of halogens is 3. The Kier molecular flexibility index (Phi) is 4.50. The minimum atomic E-state index is -4.31. The third-order valence-electron chi connectivity index (χ3n) is 3.51. The minimum absolute atomic E-state index is 0.0829. The molecule has 1 fully saturated rings. The van der Waals surface area contributed by atoms with Crippen LogP contribution < -0.4 is 0 Å². The van der Waals surface area contributed by atoms with Crippen molar-refractivity contribution in [1.29, 1.82) is 0 Å². The first-order valence-electron chi connectivity index (χ1n) is 6.67. The average Bonchev–Trinajstić information content (AvgIpc) is 2.92. The van der Waals surface area contributed by atoms with Crippen molar-refractivity contribution in [2.45, 2.75) is 12.6 Å². The van der Waals surface area contributed by atoms with Gasteiger partial charge < -0.3 is 4.90 Å². The second-order valence-corrected chi connectivity index (χ2v) is 5.02. The lowest BCUT2D eigenvalue weighted by atomic mass is 10.1. The summed E-state index contributed by atoms with van der Waals surface area (Å²) in [5.74, 6) is 0.150. The molecule has 112 valence electrons. The Hall–Kier alpha value is -2.04. The van der Waals surface area contributed by atoms with E-state index in [0.717, 1.165) is 24.1 Å². The SMILES string of the molecule is C=CC(=O)N1CC[C@@H](C=Cc2ccc(C(F)(F)F)cc2)C1. The molecule has 0 unspecified atom stereocenters. The number of alkyl halides is 3. The Morgan fingerprint density at radius 1 is 1.29 bits per heavy atom. The normalized spacial score (nSPS) is 19.2. The molecular formula is C16H16F3NO. The highest BCUT2D eigenvalue weighted by Crippen LogP contribution is 2.29. The van der Waals surface area contributed by atoms with Crippen molar-refractivity contribution in [2.75, 3.05) is 13.1 Å². The number of carbonyl (C=O) groups excluding carboxylic acids is 1. The van der Waals surface area contributed by atoms with Gasteiger partial charge >= 0.3 is 6.18 Å². The van der Waals surface area contributed by atoms with E-state index in [9.17, 15) is 18.0 Å². The van der Waals surface area contributed by atoms with E-state index in [-0.39, 0.29) is 11.8 Å². The number of benzene rings is 1. The zero-order valence-electron chi connectivity index (χ0n) is 11.4. The number of likely N-dealkylation sites (tertiary alicyclic amines) is 1. The molecule has 5 heteroatoms. The number of rotatable bonds is 3. The molecule has 21 heavy (non-hydrogen) atoms. The Morgan fingerprint density at radius 2 is 1.95 bits per heavy atom. The predicted molar refractivity (Wildman–Crippen MR) is 75.4 cm³/mol. The number of amides is 1. The van der Waals surface area contributed by atoms with Crippen molar-refractivity contribution in [1.82, 2.24) is 4.90 Å². The summed E-state index contributed by atoms with van der Waals surface area (Å²) in [5, 5.41) is 0. The fraction of sp³-hybridized carbons (Fsp3) is 0.312. The van der Waals surface area contributed by atoms with E-state index in [4.69, 9.17) is 0 Å². The van der Waals surface area contributed by atoms with E-state index in [1.54, 1.807) is 11.0 Å². The molecule has 0 spiro atoms. The van der Waals surface area contributed by atoms with E-state index < -0.39 is 11.7 Å². The van der Waals surface area contributed by atoms with Crippen LogP contribution in [0.1, 0.15) is 17.5 Å². The Bertz CT molecular complexity index is 546. The average molecular weight is 295 g/mol. The van der Waals surface area contributed by atoms with E-state index in [0.29, 0.717) is 13.1 Å². The van der Waals surface area contributed by atoms with Gasteiger partial charge in [0.2, 0.25) is 5.91 Å². The Morgan fingerprint density at radius 3 is 2.52 bits per heavy atom. The fourth-order valence-corrected chi connectivity index (χ4v) is 2.30. The second kappa shape index (κ2) is 6.16. The first-order chi connectivity index (χ1) is 9.90. The molecule has 1 heterocycles. The molecule has 1 aromatic rings. The first-order valence-corrected chi connectivity index (χ1v) is 6.67. The monoisotopic (exact) mass is 295 g/mol. The molecule has 0 aliphatic carbocycles. The van der Waals surface area contributed by atoms with Gasteiger partial charge in [-0.15, -0.1) is 0 Å². The number of hydrogen-bond acceptors (Lipinski definition) is 1. The molecule has 1 aliphatic rings. The van der Waals surface area contributed by atoms with E-state index in [1.165, 1.54) is 18.2 Å². The molecule has 0 aromatic heterocycles. The van der Waals surface area contributed by atoms with Crippen LogP contribution in [0.3, 0.4) is 0 Å². The summed E-state index contributed by atoms with van der Waals surface area (Å²) in [6, 6.07) is 5.03. The molecule has 0 N–H and O–H groups in total. The minimum Gasteiger partial charge on any atom is -0.339 e. The van der Waals surface area contributed by atoms with Gasteiger partial charge in [-0.1, -0.05) is 30.9 Å². The zero-order valence-corrected chi connectivity index (χ0v) is 11.4. The molecule has 0 radical (unpaired) electrons. The van der Waals surface area contributed by atoms with Gasteiger partial charge in [-0.2, -0.15) is 13.2 Å². The van der Waals surface area contributed by atoms with Gasteiger partial charge in [-0.05, 0) is 36.1 Å².